The maximum Gasteiger partial charge on any atom is -1.00 e. The van der Waals surface area contributed by atoms with E-state index in [9.17, 15) is 0 Å². The number of hydrogen-bond donors (Lipinski definition) is 0. The summed E-state index contributed by atoms with van der Waals surface area (Å²) in [5.41, 5.74) is 9.85. The molecule has 0 unspecified atom stereocenters. The molecule has 58 heavy (non-hydrogen) atoms. The van der Waals surface area contributed by atoms with E-state index in [1.165, 1.54) is 141 Å². The van der Waals surface area contributed by atoms with Gasteiger partial charge < -0.3 is 24.8 Å². The van der Waals surface area contributed by atoms with Crippen LogP contribution in [0.1, 0.15) is 76.3 Å². The first-order valence-electron chi connectivity index (χ1n) is 21.1. The standard InChI is InChI=1S/2C26H25.C2H6Si.2ClH.Zr/c2*1-2-12-26(13-14-26)18-19-15-22-8-5-9-24(25(22)16-19)23-11-10-20-6-3-4-7-21(20)17-23;1-3-2;;;/h2*3-11,15-17H,2,12-14,18H2,1H3;1-2H3;2*1H;/q2*-1;;;;+2/p-2. The van der Waals surface area contributed by atoms with Crippen LogP contribution < -0.4 is 24.8 Å². The summed E-state index contributed by atoms with van der Waals surface area (Å²) < 4.78 is 0. The zero-order valence-electron chi connectivity index (χ0n) is 34.7. The Morgan fingerprint density at radius 2 is 0.879 bits per heavy atom. The number of hydrogen-bond acceptors (Lipinski definition) is 0. The average molecular weight is 895 g/mol. The molecule has 0 bridgehead atoms. The summed E-state index contributed by atoms with van der Waals surface area (Å²) in [6, 6.07) is 54.2. The summed E-state index contributed by atoms with van der Waals surface area (Å²) in [6.07, 6.45) is 13.6. The molecule has 0 spiro atoms. The van der Waals surface area contributed by atoms with Crippen LogP contribution in [-0.4, -0.2) is 5.43 Å². The van der Waals surface area contributed by atoms with E-state index >= 15 is 0 Å². The Balaban J connectivity index is 0.000000174. The van der Waals surface area contributed by atoms with Crippen LogP contribution in [-0.2, 0) is 36.2 Å². The minimum atomic E-state index is 0. The summed E-state index contributed by atoms with van der Waals surface area (Å²) in [6.45, 7) is 9.25. The van der Waals surface area contributed by atoms with Gasteiger partial charge in [-0.25, -0.2) is 0 Å². The van der Waals surface area contributed by atoms with E-state index in [1.807, 2.05) is 0 Å². The van der Waals surface area contributed by atoms with Gasteiger partial charge in [0.15, 0.2) is 0 Å². The van der Waals surface area contributed by atoms with E-state index in [0.717, 1.165) is 0 Å². The number of benzene rings is 6. The van der Waals surface area contributed by atoms with E-state index in [1.54, 1.807) is 23.3 Å². The normalized spacial score (nSPS) is 14.4. The summed E-state index contributed by atoms with van der Waals surface area (Å²) >= 11 is 1.74. The molecule has 2 aliphatic rings. The molecule has 2 saturated carbocycles. The van der Waals surface area contributed by atoms with Gasteiger partial charge in [0, 0.05) is 0 Å². The SMILES string of the molecule is CCCC1(Cc2cc3c(-c4ccc5ccccc5c4)cccc3[cH-]2)CC1.CCCC1(Cc2cc3c(-c4ccc5ccccc5c4)cccc3[cH-]2)CC1.C[Si](C)=[Zr+2].[Cl-].[Cl-]. The molecule has 296 valence electrons. The van der Waals surface area contributed by atoms with Crippen molar-refractivity contribution in [1.82, 2.24) is 0 Å². The van der Waals surface area contributed by atoms with Crippen molar-refractivity contribution < 1.29 is 48.1 Å². The molecular weight excluding hydrogens is 839 g/mol. The van der Waals surface area contributed by atoms with Gasteiger partial charge in [-0.3, -0.25) is 0 Å². The first-order valence-corrected chi connectivity index (χ1v) is 27.3. The van der Waals surface area contributed by atoms with Crippen LogP contribution in [0, 0.1) is 10.8 Å². The van der Waals surface area contributed by atoms with E-state index in [0.29, 0.717) is 10.8 Å². The third kappa shape index (κ3) is 10.4. The van der Waals surface area contributed by atoms with Gasteiger partial charge in [-0.05, 0) is 107 Å². The molecule has 0 radical (unpaired) electrons. The minimum Gasteiger partial charge on any atom is -1.00 e. The molecule has 8 aromatic rings. The largest absolute Gasteiger partial charge is 1.00 e. The fourth-order valence-electron chi connectivity index (χ4n) is 9.33. The van der Waals surface area contributed by atoms with Crippen molar-refractivity contribution >= 4 is 48.5 Å². The van der Waals surface area contributed by atoms with Gasteiger partial charge in [0.25, 0.3) is 0 Å². The molecule has 0 saturated heterocycles. The number of halogens is 2. The molecule has 4 heteroatoms. The molecule has 2 fully saturated rings. The maximum atomic E-state index is 2.45. The van der Waals surface area contributed by atoms with Crippen LogP contribution in [0.3, 0.4) is 0 Å². The molecule has 0 aliphatic heterocycles. The predicted octanol–water partition coefficient (Wildman–Crippen LogP) is 9.80. The van der Waals surface area contributed by atoms with Crippen molar-refractivity contribution in [2.24, 2.45) is 10.8 Å². The van der Waals surface area contributed by atoms with E-state index in [-0.39, 0.29) is 30.2 Å². The Labute approximate surface area is 374 Å². The minimum absolute atomic E-state index is 0. The van der Waals surface area contributed by atoms with Gasteiger partial charge in [-0.15, -0.1) is 69.1 Å². The van der Waals surface area contributed by atoms with E-state index in [4.69, 9.17) is 0 Å². The van der Waals surface area contributed by atoms with E-state index < -0.39 is 0 Å². The monoisotopic (exact) mass is 892 g/mol. The van der Waals surface area contributed by atoms with Gasteiger partial charge >= 0.3 is 41.9 Å². The molecule has 0 heterocycles. The van der Waals surface area contributed by atoms with Gasteiger partial charge in [0.2, 0.25) is 0 Å². The van der Waals surface area contributed by atoms with Crippen molar-refractivity contribution in [2.45, 2.75) is 91.1 Å². The topological polar surface area (TPSA) is 0 Å². The molecule has 8 aromatic carbocycles. The summed E-state index contributed by atoms with van der Waals surface area (Å²) in [5, 5.41) is 10.8. The molecule has 0 aromatic heterocycles. The van der Waals surface area contributed by atoms with E-state index in [2.05, 4.69) is 173 Å². The molecule has 0 amide bonds. The predicted molar refractivity (Wildman–Crippen MR) is 243 cm³/mol. The number of fused-ring (bicyclic) bond motifs is 4. The molecular formula is C54H56Cl2SiZr-2. The van der Waals surface area contributed by atoms with Crippen molar-refractivity contribution in [3.63, 3.8) is 0 Å². The Bertz CT molecular complexity index is 2450. The zero-order chi connectivity index (χ0) is 38.7. The fraction of sp³-hybridized carbons (Fsp3) is 0.296. The second-order valence-electron chi connectivity index (χ2n) is 17.3. The Morgan fingerprint density at radius 1 is 0.500 bits per heavy atom. The van der Waals surface area contributed by atoms with Crippen LogP contribution in [0.4, 0.5) is 0 Å². The maximum absolute atomic E-state index is 2.45. The zero-order valence-corrected chi connectivity index (χ0v) is 39.7. The average Bonchev–Trinajstić information content (AvgIpc) is 4.04. The van der Waals surface area contributed by atoms with Crippen molar-refractivity contribution in [1.29, 1.82) is 0 Å². The van der Waals surface area contributed by atoms with Crippen LogP contribution in [0.2, 0.25) is 13.1 Å². The van der Waals surface area contributed by atoms with Gasteiger partial charge in [0.05, 0.1) is 0 Å². The molecule has 0 atom stereocenters. The second kappa shape index (κ2) is 19.4. The molecule has 10 rings (SSSR count). The van der Waals surface area contributed by atoms with Gasteiger partial charge in [-0.2, -0.15) is 12.1 Å². The van der Waals surface area contributed by atoms with Crippen molar-refractivity contribution in [3.8, 4) is 22.3 Å². The third-order valence-corrected chi connectivity index (χ3v) is 12.4. The van der Waals surface area contributed by atoms with Crippen LogP contribution in [0.15, 0.2) is 146 Å². The van der Waals surface area contributed by atoms with Crippen molar-refractivity contribution in [2.75, 3.05) is 0 Å². The summed E-state index contributed by atoms with van der Waals surface area (Å²) in [5.74, 6) is 0. The van der Waals surface area contributed by atoms with Crippen molar-refractivity contribution in [3.05, 3.63) is 157 Å². The Morgan fingerprint density at radius 3 is 1.24 bits per heavy atom. The second-order valence-corrected chi connectivity index (χ2v) is 26.7. The first kappa shape index (κ1) is 44.3. The van der Waals surface area contributed by atoms with Crippen LogP contribution >= 0.6 is 0 Å². The van der Waals surface area contributed by atoms with Crippen LogP contribution in [0.25, 0.3) is 65.3 Å². The number of rotatable bonds is 10. The molecule has 0 nitrogen and oxygen atoms in total. The Kier molecular flexibility index (Phi) is 14.8. The molecule has 0 N–H and O–H groups in total. The molecule has 2 aliphatic carbocycles. The summed E-state index contributed by atoms with van der Waals surface area (Å²) in [4.78, 5) is 0. The van der Waals surface area contributed by atoms with Gasteiger partial charge in [-0.1, -0.05) is 123 Å². The van der Waals surface area contributed by atoms with Gasteiger partial charge in [0.1, 0.15) is 0 Å². The third-order valence-electron chi connectivity index (χ3n) is 12.4. The van der Waals surface area contributed by atoms with Crippen LogP contribution in [0.5, 0.6) is 0 Å². The quantitative estimate of drug-likeness (QED) is 0.0949. The fourth-order valence-corrected chi connectivity index (χ4v) is 9.33. The first-order chi connectivity index (χ1) is 27.3. The summed E-state index contributed by atoms with van der Waals surface area (Å²) in [7, 11) is 0. The smallest absolute Gasteiger partial charge is 1.00 e. The Hall–Kier alpha value is -3.26.